The van der Waals surface area contributed by atoms with Gasteiger partial charge in [0.05, 0.1) is 35.0 Å². The number of nitrogens with one attached hydrogen (secondary N) is 1. The van der Waals surface area contributed by atoms with Gasteiger partial charge in [0, 0.05) is 17.5 Å². The van der Waals surface area contributed by atoms with Crippen molar-refractivity contribution < 1.29 is 13.2 Å². The Morgan fingerprint density at radius 1 is 1.25 bits per heavy atom. The quantitative estimate of drug-likeness (QED) is 0.824. The van der Waals surface area contributed by atoms with Crippen LogP contribution in [0.5, 0.6) is 0 Å². The normalized spacial score (nSPS) is 25.0. The first kappa shape index (κ1) is 19.3. The molecule has 2 aliphatic heterocycles. The largest absolute Gasteiger partial charge is 0.347 e. The van der Waals surface area contributed by atoms with E-state index in [-0.39, 0.29) is 35.5 Å². The lowest BCUT2D eigenvalue weighted by molar-refractivity contribution is 0.0918. The molecule has 1 N–H and O–H groups in total. The van der Waals surface area contributed by atoms with Gasteiger partial charge >= 0.3 is 0 Å². The van der Waals surface area contributed by atoms with E-state index in [0.29, 0.717) is 11.3 Å². The fraction of sp³-hybridized carbons (Fsp3) is 0.632. The molecule has 0 aromatic carbocycles. The number of nitrogens with zero attached hydrogens (tertiary/aromatic N) is 4. The molecular weight excluding hydrogens is 378 g/mol. The van der Waals surface area contributed by atoms with Gasteiger partial charge in [-0.2, -0.15) is 5.10 Å². The van der Waals surface area contributed by atoms with Crippen molar-refractivity contribution in [3.63, 3.8) is 0 Å². The maximum absolute atomic E-state index is 13.0. The number of fused-ring (bicyclic) bond motifs is 1. The van der Waals surface area contributed by atoms with E-state index >= 15 is 0 Å². The minimum Gasteiger partial charge on any atom is -0.347 e. The van der Waals surface area contributed by atoms with Crippen molar-refractivity contribution in [2.75, 3.05) is 24.6 Å². The van der Waals surface area contributed by atoms with Crippen LogP contribution in [0.15, 0.2) is 12.3 Å². The predicted octanol–water partition coefficient (Wildman–Crippen LogP) is 1.31. The monoisotopic (exact) mass is 405 g/mol. The summed E-state index contributed by atoms with van der Waals surface area (Å²) in [6.45, 7) is 7.66. The average molecular weight is 406 g/mol. The molecule has 0 spiro atoms. The Morgan fingerprint density at radius 3 is 2.64 bits per heavy atom. The second-order valence-electron chi connectivity index (χ2n) is 8.18. The summed E-state index contributed by atoms with van der Waals surface area (Å²) < 4.78 is 26.3. The van der Waals surface area contributed by atoms with Crippen LogP contribution in [0.3, 0.4) is 0 Å². The number of aryl methyl sites for hydroxylation is 1. The second-order valence-corrected chi connectivity index (χ2v) is 10.3. The van der Waals surface area contributed by atoms with Gasteiger partial charge in [0.2, 0.25) is 0 Å². The van der Waals surface area contributed by atoms with E-state index in [2.05, 4.69) is 20.3 Å². The Morgan fingerprint density at radius 2 is 1.96 bits per heavy atom. The molecule has 0 bridgehead atoms. The number of rotatable bonds is 4. The molecule has 4 heterocycles. The number of aromatic nitrogens is 3. The molecule has 1 amide bonds. The van der Waals surface area contributed by atoms with E-state index in [1.54, 1.807) is 19.2 Å². The van der Waals surface area contributed by atoms with Gasteiger partial charge in [-0.1, -0.05) is 0 Å². The van der Waals surface area contributed by atoms with Gasteiger partial charge in [-0.3, -0.25) is 9.69 Å². The van der Waals surface area contributed by atoms with E-state index in [1.165, 1.54) is 0 Å². The highest BCUT2D eigenvalue weighted by Gasteiger charge is 2.42. The summed E-state index contributed by atoms with van der Waals surface area (Å²) in [5.41, 5.74) is 1.84. The Kier molecular flexibility index (Phi) is 4.91. The first-order valence-corrected chi connectivity index (χ1v) is 11.7. The van der Waals surface area contributed by atoms with Crippen molar-refractivity contribution in [2.45, 2.75) is 51.7 Å². The molecule has 28 heavy (non-hydrogen) atoms. The molecule has 8 nitrogen and oxygen atoms in total. The summed E-state index contributed by atoms with van der Waals surface area (Å²) in [6, 6.07) is 1.45. The highest BCUT2D eigenvalue weighted by molar-refractivity contribution is 7.91. The SMILES string of the molecule is Cc1nc2c(cnn2C(C)C)cc1C(=O)NC1CS(=O)(=O)CC1N1CCCC1. The van der Waals surface area contributed by atoms with E-state index in [1.807, 2.05) is 18.5 Å². The Labute approximate surface area is 165 Å². The number of hydrogen-bond donors (Lipinski definition) is 1. The summed E-state index contributed by atoms with van der Waals surface area (Å²) in [6.07, 6.45) is 3.87. The summed E-state index contributed by atoms with van der Waals surface area (Å²) in [5, 5.41) is 8.15. The first-order valence-electron chi connectivity index (χ1n) is 9.85. The third-order valence-electron chi connectivity index (χ3n) is 5.74. The molecular formula is C19H27N5O3S. The van der Waals surface area contributed by atoms with Gasteiger partial charge in [0.25, 0.3) is 5.91 Å². The smallest absolute Gasteiger partial charge is 0.253 e. The first-order chi connectivity index (χ1) is 13.2. The summed E-state index contributed by atoms with van der Waals surface area (Å²) in [4.78, 5) is 19.8. The zero-order chi connectivity index (χ0) is 20.1. The fourth-order valence-corrected chi connectivity index (χ4v) is 6.27. The molecule has 9 heteroatoms. The molecule has 152 valence electrons. The van der Waals surface area contributed by atoms with Crippen LogP contribution < -0.4 is 5.32 Å². The molecule has 2 saturated heterocycles. The van der Waals surface area contributed by atoms with Gasteiger partial charge in [0.15, 0.2) is 15.5 Å². The lowest BCUT2D eigenvalue weighted by Gasteiger charge is -2.28. The molecule has 2 aromatic heterocycles. The van der Waals surface area contributed by atoms with E-state index in [4.69, 9.17) is 0 Å². The highest BCUT2D eigenvalue weighted by atomic mass is 32.2. The molecule has 2 aliphatic rings. The maximum atomic E-state index is 13.0. The lowest BCUT2D eigenvalue weighted by Crippen LogP contribution is -2.50. The van der Waals surface area contributed by atoms with Crippen molar-refractivity contribution in [1.82, 2.24) is 25.0 Å². The summed E-state index contributed by atoms with van der Waals surface area (Å²) in [7, 11) is -3.15. The number of sulfone groups is 1. The van der Waals surface area contributed by atoms with Gasteiger partial charge < -0.3 is 5.32 Å². The summed E-state index contributed by atoms with van der Waals surface area (Å²) >= 11 is 0. The molecule has 2 unspecified atom stereocenters. The standard InChI is InChI=1S/C19H27N5O3S/c1-12(2)24-18-14(9-20-24)8-15(13(3)21-18)19(25)22-16-10-28(26,27)11-17(16)23-6-4-5-7-23/h8-9,12,16-17H,4-7,10-11H2,1-3H3,(H,22,25). The predicted molar refractivity (Wildman–Crippen MR) is 107 cm³/mol. The summed E-state index contributed by atoms with van der Waals surface area (Å²) in [5.74, 6) is -0.148. The molecule has 0 radical (unpaired) electrons. The van der Waals surface area contributed by atoms with Crippen molar-refractivity contribution in [3.8, 4) is 0 Å². The third kappa shape index (κ3) is 3.53. The van der Waals surface area contributed by atoms with Crippen molar-refractivity contribution >= 4 is 26.8 Å². The maximum Gasteiger partial charge on any atom is 0.253 e. The Bertz CT molecular complexity index is 1010. The van der Waals surface area contributed by atoms with Crippen LogP contribution in [0.4, 0.5) is 0 Å². The third-order valence-corrected chi connectivity index (χ3v) is 7.46. The molecule has 2 atom stereocenters. The number of amides is 1. The van der Waals surface area contributed by atoms with Crippen LogP contribution >= 0.6 is 0 Å². The lowest BCUT2D eigenvalue weighted by atomic mass is 10.1. The molecule has 0 aliphatic carbocycles. The zero-order valence-electron chi connectivity index (χ0n) is 16.6. The van der Waals surface area contributed by atoms with E-state index in [9.17, 15) is 13.2 Å². The van der Waals surface area contributed by atoms with Crippen LogP contribution in [0.1, 0.15) is 48.8 Å². The number of carbonyl (C=O) groups is 1. The number of likely N-dealkylation sites (tertiary alicyclic amines) is 1. The van der Waals surface area contributed by atoms with Gasteiger partial charge in [-0.25, -0.2) is 18.1 Å². The Hall–Kier alpha value is -2.00. The zero-order valence-corrected chi connectivity index (χ0v) is 17.4. The van der Waals surface area contributed by atoms with Crippen LogP contribution in [-0.2, 0) is 9.84 Å². The molecule has 4 rings (SSSR count). The van der Waals surface area contributed by atoms with Crippen LogP contribution in [-0.4, -0.2) is 70.7 Å². The minimum atomic E-state index is -3.15. The topological polar surface area (TPSA) is 97.2 Å². The van der Waals surface area contributed by atoms with Crippen LogP contribution in [0, 0.1) is 6.92 Å². The number of hydrogen-bond acceptors (Lipinski definition) is 6. The molecule has 2 aromatic rings. The van der Waals surface area contributed by atoms with Crippen molar-refractivity contribution in [2.24, 2.45) is 0 Å². The molecule has 2 fully saturated rings. The Balaban J connectivity index is 1.59. The van der Waals surface area contributed by atoms with Gasteiger partial charge in [-0.05, 0) is 52.8 Å². The second kappa shape index (κ2) is 7.11. The average Bonchev–Trinajstić information content (AvgIpc) is 3.32. The fourth-order valence-electron chi connectivity index (χ4n) is 4.32. The molecule has 0 saturated carbocycles. The number of carbonyl (C=O) groups excluding carboxylic acids is 1. The van der Waals surface area contributed by atoms with E-state index in [0.717, 1.165) is 37.0 Å². The van der Waals surface area contributed by atoms with E-state index < -0.39 is 9.84 Å². The number of pyridine rings is 1. The van der Waals surface area contributed by atoms with Gasteiger partial charge in [0.1, 0.15) is 0 Å². The van der Waals surface area contributed by atoms with Crippen molar-refractivity contribution in [3.05, 3.63) is 23.5 Å². The van der Waals surface area contributed by atoms with Gasteiger partial charge in [-0.15, -0.1) is 0 Å². The van der Waals surface area contributed by atoms with Crippen LogP contribution in [0.2, 0.25) is 0 Å². The van der Waals surface area contributed by atoms with Crippen molar-refractivity contribution in [1.29, 1.82) is 0 Å². The highest BCUT2D eigenvalue weighted by Crippen LogP contribution is 2.24. The minimum absolute atomic E-state index is 0.0000902. The van der Waals surface area contributed by atoms with Crippen LogP contribution in [0.25, 0.3) is 11.0 Å².